The maximum atomic E-state index is 5.51. The summed E-state index contributed by atoms with van der Waals surface area (Å²) in [5.74, 6) is 1.74. The molecule has 1 fully saturated rings. The molecule has 1 atom stereocenters. The Morgan fingerprint density at radius 1 is 1.26 bits per heavy atom. The summed E-state index contributed by atoms with van der Waals surface area (Å²) in [6, 6.07) is 6.77. The lowest BCUT2D eigenvalue weighted by molar-refractivity contribution is 0.173. The highest BCUT2D eigenvalue weighted by molar-refractivity contribution is 5.46. The van der Waals surface area contributed by atoms with Gasteiger partial charge in [0.15, 0.2) is 11.5 Å². The summed E-state index contributed by atoms with van der Waals surface area (Å²) in [4.78, 5) is 2.32. The smallest absolute Gasteiger partial charge is 0.231 e. The molecule has 0 saturated heterocycles. The van der Waals surface area contributed by atoms with Crippen LogP contribution in [0.2, 0.25) is 0 Å². The second-order valence-electron chi connectivity index (χ2n) is 5.87. The topological polar surface area (TPSA) is 33.7 Å². The molecular formula is C15H22N2O2. The quantitative estimate of drug-likeness (QED) is 0.880. The van der Waals surface area contributed by atoms with Crippen LogP contribution in [0, 0.1) is 5.41 Å². The molecule has 104 valence electrons. The average Bonchev–Trinajstić information content (AvgIpc) is 2.98. The van der Waals surface area contributed by atoms with Gasteiger partial charge in [0.1, 0.15) is 0 Å². The molecule has 1 heterocycles. The normalized spacial score (nSPS) is 20.6. The Morgan fingerprint density at radius 3 is 2.63 bits per heavy atom. The van der Waals surface area contributed by atoms with Gasteiger partial charge in [0.2, 0.25) is 6.79 Å². The van der Waals surface area contributed by atoms with Gasteiger partial charge in [-0.1, -0.05) is 6.07 Å². The van der Waals surface area contributed by atoms with E-state index in [4.69, 9.17) is 9.47 Å². The molecule has 1 saturated carbocycles. The number of nitrogens with one attached hydrogen (secondary N) is 1. The van der Waals surface area contributed by atoms with Crippen molar-refractivity contribution in [2.75, 3.05) is 34.5 Å². The number of hydrogen-bond donors (Lipinski definition) is 1. The van der Waals surface area contributed by atoms with Crippen molar-refractivity contribution in [3.05, 3.63) is 23.8 Å². The lowest BCUT2D eigenvalue weighted by atomic mass is 9.88. The molecule has 1 aliphatic carbocycles. The lowest BCUT2D eigenvalue weighted by Gasteiger charge is -2.33. The second kappa shape index (κ2) is 4.69. The molecule has 0 radical (unpaired) electrons. The minimum absolute atomic E-state index is 0.340. The van der Waals surface area contributed by atoms with Gasteiger partial charge in [-0.15, -0.1) is 0 Å². The van der Waals surface area contributed by atoms with Gasteiger partial charge in [-0.05, 0) is 51.7 Å². The van der Waals surface area contributed by atoms with Gasteiger partial charge in [-0.3, -0.25) is 0 Å². The predicted molar refractivity (Wildman–Crippen MR) is 74.6 cm³/mol. The molecule has 4 nitrogen and oxygen atoms in total. The molecule has 0 amide bonds. The number of benzene rings is 1. The largest absolute Gasteiger partial charge is 0.454 e. The SMILES string of the molecule is CNCC1(C(c2ccc3c(c2)OCO3)N(C)C)CC1. The van der Waals surface area contributed by atoms with Crippen LogP contribution < -0.4 is 14.8 Å². The molecule has 1 aromatic rings. The van der Waals surface area contributed by atoms with Crippen LogP contribution in [0.5, 0.6) is 11.5 Å². The number of rotatable bonds is 5. The van der Waals surface area contributed by atoms with Crippen LogP contribution in [0.1, 0.15) is 24.4 Å². The molecule has 19 heavy (non-hydrogen) atoms. The van der Waals surface area contributed by atoms with E-state index >= 15 is 0 Å². The highest BCUT2D eigenvalue weighted by atomic mass is 16.7. The van der Waals surface area contributed by atoms with E-state index < -0.39 is 0 Å². The van der Waals surface area contributed by atoms with Gasteiger partial charge < -0.3 is 19.7 Å². The first-order valence-electron chi connectivity index (χ1n) is 6.87. The van der Waals surface area contributed by atoms with Gasteiger partial charge in [-0.2, -0.15) is 0 Å². The van der Waals surface area contributed by atoms with Crippen molar-refractivity contribution in [3.63, 3.8) is 0 Å². The van der Waals surface area contributed by atoms with Crippen molar-refractivity contribution in [2.45, 2.75) is 18.9 Å². The molecule has 4 heteroatoms. The Bertz CT molecular complexity index is 469. The van der Waals surface area contributed by atoms with Gasteiger partial charge in [0.05, 0.1) is 0 Å². The Morgan fingerprint density at radius 2 is 2.00 bits per heavy atom. The van der Waals surface area contributed by atoms with Crippen molar-refractivity contribution < 1.29 is 9.47 Å². The van der Waals surface area contributed by atoms with Crippen molar-refractivity contribution in [2.24, 2.45) is 5.41 Å². The molecule has 1 aromatic carbocycles. The predicted octanol–water partition coefficient (Wildman–Crippen LogP) is 2.02. The molecule has 0 aromatic heterocycles. The molecular weight excluding hydrogens is 240 g/mol. The van der Waals surface area contributed by atoms with E-state index in [1.165, 1.54) is 18.4 Å². The zero-order valence-corrected chi connectivity index (χ0v) is 11.9. The van der Waals surface area contributed by atoms with Crippen LogP contribution >= 0.6 is 0 Å². The number of nitrogens with zero attached hydrogens (tertiary/aromatic N) is 1. The monoisotopic (exact) mass is 262 g/mol. The third-order valence-corrected chi connectivity index (χ3v) is 4.23. The van der Waals surface area contributed by atoms with Crippen LogP contribution in [-0.4, -0.2) is 39.4 Å². The lowest BCUT2D eigenvalue weighted by Crippen LogP contribution is -2.34. The maximum Gasteiger partial charge on any atom is 0.231 e. The molecule has 0 spiro atoms. The Labute approximate surface area is 114 Å². The van der Waals surface area contributed by atoms with Gasteiger partial charge in [0.25, 0.3) is 0 Å². The molecule has 3 rings (SSSR count). The van der Waals surface area contributed by atoms with Crippen LogP contribution in [0.4, 0.5) is 0 Å². The average molecular weight is 262 g/mol. The van der Waals surface area contributed by atoms with Crippen LogP contribution in [0.15, 0.2) is 18.2 Å². The van der Waals surface area contributed by atoms with Gasteiger partial charge in [0, 0.05) is 18.0 Å². The van der Waals surface area contributed by atoms with E-state index in [0.717, 1.165) is 18.0 Å². The van der Waals surface area contributed by atoms with Gasteiger partial charge >= 0.3 is 0 Å². The summed E-state index contributed by atoms with van der Waals surface area (Å²) in [6.45, 7) is 1.40. The Balaban J connectivity index is 1.92. The van der Waals surface area contributed by atoms with Crippen molar-refractivity contribution in [3.8, 4) is 11.5 Å². The Hall–Kier alpha value is -1.26. The minimum atomic E-state index is 0.340. The number of fused-ring (bicyclic) bond motifs is 1. The van der Waals surface area contributed by atoms with E-state index in [0.29, 0.717) is 18.2 Å². The van der Waals surface area contributed by atoms with Gasteiger partial charge in [-0.25, -0.2) is 0 Å². The maximum absolute atomic E-state index is 5.51. The summed E-state index contributed by atoms with van der Waals surface area (Å²) < 4.78 is 10.9. The zero-order valence-electron chi connectivity index (χ0n) is 11.9. The number of ether oxygens (including phenoxy) is 2. The van der Waals surface area contributed by atoms with Crippen molar-refractivity contribution >= 4 is 0 Å². The Kier molecular flexibility index (Phi) is 3.15. The summed E-state index contributed by atoms with van der Waals surface area (Å²) in [5, 5.41) is 3.35. The third kappa shape index (κ3) is 2.19. The highest BCUT2D eigenvalue weighted by Crippen LogP contribution is 2.56. The zero-order chi connectivity index (χ0) is 13.5. The van der Waals surface area contributed by atoms with Crippen LogP contribution in [0.3, 0.4) is 0 Å². The fourth-order valence-electron chi connectivity index (χ4n) is 3.34. The van der Waals surface area contributed by atoms with Crippen molar-refractivity contribution in [1.29, 1.82) is 0 Å². The minimum Gasteiger partial charge on any atom is -0.454 e. The van der Waals surface area contributed by atoms with E-state index in [1.54, 1.807) is 0 Å². The number of hydrogen-bond acceptors (Lipinski definition) is 4. The highest BCUT2D eigenvalue weighted by Gasteiger charge is 2.50. The summed E-state index contributed by atoms with van der Waals surface area (Å²) in [6.07, 6.45) is 2.57. The third-order valence-electron chi connectivity index (χ3n) is 4.23. The van der Waals surface area contributed by atoms with E-state index in [2.05, 4.69) is 36.4 Å². The first-order valence-corrected chi connectivity index (χ1v) is 6.87. The first-order chi connectivity index (χ1) is 9.16. The molecule has 1 unspecified atom stereocenters. The molecule has 1 aliphatic heterocycles. The molecule has 0 bridgehead atoms. The summed E-state index contributed by atoms with van der Waals surface area (Å²) >= 11 is 0. The standard InChI is InChI=1S/C15H22N2O2/c1-16-9-15(6-7-15)14(17(2)3)11-4-5-12-13(8-11)19-10-18-12/h4-5,8,14,16H,6-7,9-10H2,1-3H3. The van der Waals surface area contributed by atoms with E-state index in [9.17, 15) is 0 Å². The van der Waals surface area contributed by atoms with Crippen LogP contribution in [0.25, 0.3) is 0 Å². The van der Waals surface area contributed by atoms with E-state index in [1.807, 2.05) is 13.1 Å². The molecule has 2 aliphatic rings. The second-order valence-corrected chi connectivity index (χ2v) is 5.87. The summed E-state index contributed by atoms with van der Waals surface area (Å²) in [5.41, 5.74) is 1.69. The fraction of sp³-hybridized carbons (Fsp3) is 0.600. The molecule has 1 N–H and O–H groups in total. The van der Waals surface area contributed by atoms with Crippen molar-refractivity contribution in [1.82, 2.24) is 10.2 Å². The summed E-state index contributed by atoms with van der Waals surface area (Å²) in [7, 11) is 6.35. The first kappa shape index (κ1) is 12.8. The fourth-order valence-corrected chi connectivity index (χ4v) is 3.34. The van der Waals surface area contributed by atoms with E-state index in [-0.39, 0.29) is 0 Å². The van der Waals surface area contributed by atoms with Crippen LogP contribution in [-0.2, 0) is 0 Å².